The van der Waals surface area contributed by atoms with Crippen molar-refractivity contribution >= 4 is 50.7 Å². The lowest BCUT2D eigenvalue weighted by Gasteiger charge is -2.22. The van der Waals surface area contributed by atoms with E-state index < -0.39 is 0 Å². The van der Waals surface area contributed by atoms with Crippen LogP contribution in [0.25, 0.3) is 10.2 Å². The quantitative estimate of drug-likeness (QED) is 0.544. The van der Waals surface area contributed by atoms with Gasteiger partial charge in [-0.3, -0.25) is 9.59 Å². The zero-order chi connectivity index (χ0) is 23.2. The van der Waals surface area contributed by atoms with Gasteiger partial charge in [0.2, 0.25) is 5.91 Å². The van der Waals surface area contributed by atoms with E-state index in [1.807, 2.05) is 11.0 Å². The van der Waals surface area contributed by atoms with E-state index in [4.69, 9.17) is 11.6 Å². The third kappa shape index (κ3) is 4.63. The number of fused-ring (bicyclic) bond motifs is 1. The van der Waals surface area contributed by atoms with Crippen LogP contribution >= 0.6 is 22.9 Å². The molecule has 33 heavy (non-hydrogen) atoms. The number of rotatable bonds is 7. The molecule has 1 atom stereocenters. The summed E-state index contributed by atoms with van der Waals surface area (Å²) in [6.45, 7) is 2.11. The normalized spacial score (nSPS) is 19.5. The lowest BCUT2D eigenvalue weighted by molar-refractivity contribution is -0.117. The lowest BCUT2D eigenvalue weighted by atomic mass is 9.95. The summed E-state index contributed by atoms with van der Waals surface area (Å²) >= 11 is 7.36. The second kappa shape index (κ2) is 8.70. The molecule has 1 aliphatic heterocycles. The molecule has 1 aromatic heterocycles. The highest BCUT2D eigenvalue weighted by Gasteiger charge is 2.44. The lowest BCUT2D eigenvalue weighted by Crippen LogP contribution is -2.31. The zero-order valence-electron chi connectivity index (χ0n) is 18.8. The van der Waals surface area contributed by atoms with Crippen molar-refractivity contribution in [2.24, 2.45) is 5.92 Å². The number of anilines is 1. The second-order valence-corrected chi connectivity index (χ2v) is 10.9. The predicted octanol–water partition coefficient (Wildman–Crippen LogP) is 4.33. The van der Waals surface area contributed by atoms with Gasteiger partial charge in [-0.25, -0.2) is 4.98 Å². The Morgan fingerprint density at radius 1 is 1.24 bits per heavy atom. The van der Waals surface area contributed by atoms with Crippen molar-refractivity contribution in [1.82, 2.24) is 15.2 Å². The summed E-state index contributed by atoms with van der Waals surface area (Å²) < 4.78 is 0.925. The molecule has 3 aromatic rings. The minimum absolute atomic E-state index is 0.0773. The van der Waals surface area contributed by atoms with Crippen molar-refractivity contribution in [2.45, 2.75) is 24.7 Å². The molecule has 172 valence electrons. The second-order valence-electron chi connectivity index (χ2n) is 9.48. The number of likely N-dealkylation sites (N-methyl/N-ethyl adjacent to an activating group) is 1. The van der Waals surface area contributed by atoms with Gasteiger partial charge in [-0.2, -0.15) is 0 Å². The highest BCUT2D eigenvalue weighted by molar-refractivity contribution is 7.20. The van der Waals surface area contributed by atoms with E-state index in [0.717, 1.165) is 22.4 Å². The van der Waals surface area contributed by atoms with Gasteiger partial charge in [0.05, 0.1) is 10.2 Å². The van der Waals surface area contributed by atoms with Crippen LogP contribution < -0.4 is 10.2 Å². The molecule has 1 unspecified atom stereocenters. The molecule has 2 aliphatic rings. The molecule has 1 saturated carbocycles. The molecule has 1 N–H and O–H groups in total. The largest absolute Gasteiger partial charge is 0.350 e. The number of thiazole rings is 1. The van der Waals surface area contributed by atoms with Crippen LogP contribution in [-0.2, 0) is 10.2 Å². The SMILES string of the molecule is CN(C)CC1(c2ccc(N3CC(CNC(=O)c4nc5cc(Cl)ccc5s4)CC3=O)cc2)CC1. The van der Waals surface area contributed by atoms with Crippen molar-refractivity contribution in [3.8, 4) is 0 Å². The fourth-order valence-corrected chi connectivity index (χ4v) is 5.80. The first kappa shape index (κ1) is 22.3. The Kier molecular flexibility index (Phi) is 5.89. The van der Waals surface area contributed by atoms with Gasteiger partial charge in [-0.15, -0.1) is 11.3 Å². The molecule has 1 aliphatic carbocycles. The Morgan fingerprint density at radius 3 is 2.70 bits per heavy atom. The third-order valence-corrected chi connectivity index (χ3v) is 7.83. The van der Waals surface area contributed by atoms with Crippen LogP contribution in [0.4, 0.5) is 5.69 Å². The van der Waals surface area contributed by atoms with E-state index in [1.165, 1.54) is 29.7 Å². The Bertz CT molecular complexity index is 1200. The monoisotopic (exact) mass is 482 g/mol. The Morgan fingerprint density at radius 2 is 2.00 bits per heavy atom. The van der Waals surface area contributed by atoms with Crippen molar-refractivity contribution in [2.75, 3.05) is 38.6 Å². The van der Waals surface area contributed by atoms with Gasteiger partial charge in [0.15, 0.2) is 5.01 Å². The van der Waals surface area contributed by atoms with Crippen LogP contribution in [-0.4, -0.2) is 55.4 Å². The predicted molar refractivity (Wildman–Crippen MR) is 133 cm³/mol. The number of hydrogen-bond donors (Lipinski definition) is 1. The minimum atomic E-state index is -0.210. The van der Waals surface area contributed by atoms with Crippen LogP contribution in [0.5, 0.6) is 0 Å². The fraction of sp³-hybridized carbons (Fsp3) is 0.400. The van der Waals surface area contributed by atoms with Crippen LogP contribution in [0.15, 0.2) is 42.5 Å². The van der Waals surface area contributed by atoms with Crippen molar-refractivity contribution < 1.29 is 9.59 Å². The first-order valence-corrected chi connectivity index (χ1v) is 12.4. The minimum Gasteiger partial charge on any atom is -0.350 e. The number of carbonyl (C=O) groups excluding carboxylic acids is 2. The fourth-order valence-electron chi connectivity index (χ4n) is 4.77. The molecule has 2 heterocycles. The van der Waals surface area contributed by atoms with Crippen molar-refractivity contribution in [3.05, 3.63) is 58.1 Å². The number of hydrogen-bond acceptors (Lipinski definition) is 5. The maximum absolute atomic E-state index is 12.7. The van der Waals surface area contributed by atoms with Gasteiger partial charge in [-0.05, 0) is 62.8 Å². The molecule has 6 nitrogen and oxygen atoms in total. The van der Waals surface area contributed by atoms with Gasteiger partial charge in [0.25, 0.3) is 5.91 Å². The molecule has 2 aromatic carbocycles. The van der Waals surface area contributed by atoms with Crippen LogP contribution in [0, 0.1) is 5.92 Å². The molecule has 5 rings (SSSR count). The molecule has 2 fully saturated rings. The number of aromatic nitrogens is 1. The summed E-state index contributed by atoms with van der Waals surface area (Å²) in [5.41, 5.74) is 3.28. The van der Waals surface area contributed by atoms with E-state index in [9.17, 15) is 9.59 Å². The highest BCUT2D eigenvalue weighted by Crippen LogP contribution is 2.48. The van der Waals surface area contributed by atoms with Gasteiger partial charge in [-0.1, -0.05) is 23.7 Å². The zero-order valence-corrected chi connectivity index (χ0v) is 20.4. The summed E-state index contributed by atoms with van der Waals surface area (Å²) in [6, 6.07) is 13.9. The standard InChI is InChI=1S/C25H27ClN4O2S/c1-29(2)15-25(9-10-25)17-3-6-19(7-4-17)30-14-16(11-22(30)31)13-27-23(32)24-28-20-12-18(26)5-8-21(20)33-24/h3-8,12,16H,9-11,13-15H2,1-2H3,(H,27,32). The maximum Gasteiger partial charge on any atom is 0.280 e. The molecule has 1 saturated heterocycles. The summed E-state index contributed by atoms with van der Waals surface area (Å²) in [5.74, 6) is -0.0299. The Balaban J connectivity index is 1.19. The number of amides is 2. The summed E-state index contributed by atoms with van der Waals surface area (Å²) in [4.78, 5) is 33.7. The molecular weight excluding hydrogens is 456 g/mol. The molecular formula is C25H27ClN4O2S. The average molecular weight is 483 g/mol. The number of carbonyl (C=O) groups is 2. The van der Waals surface area contributed by atoms with Gasteiger partial charge in [0.1, 0.15) is 0 Å². The number of benzene rings is 2. The van der Waals surface area contributed by atoms with E-state index in [-0.39, 0.29) is 23.1 Å². The molecule has 2 amide bonds. The first-order chi connectivity index (χ1) is 15.8. The first-order valence-electron chi connectivity index (χ1n) is 11.2. The average Bonchev–Trinajstić information content (AvgIpc) is 3.27. The molecule has 0 spiro atoms. The topological polar surface area (TPSA) is 65.5 Å². The summed E-state index contributed by atoms with van der Waals surface area (Å²) in [6.07, 6.45) is 2.87. The smallest absolute Gasteiger partial charge is 0.280 e. The van der Waals surface area contributed by atoms with Crippen molar-refractivity contribution in [1.29, 1.82) is 0 Å². The van der Waals surface area contributed by atoms with E-state index in [2.05, 4.69) is 53.6 Å². The van der Waals surface area contributed by atoms with Crippen LogP contribution in [0.2, 0.25) is 5.02 Å². The molecule has 8 heteroatoms. The van der Waals surface area contributed by atoms with E-state index in [1.54, 1.807) is 12.1 Å². The third-order valence-electron chi connectivity index (χ3n) is 6.56. The molecule has 0 bridgehead atoms. The summed E-state index contributed by atoms with van der Waals surface area (Å²) in [5, 5.41) is 3.97. The van der Waals surface area contributed by atoms with Gasteiger partial charge >= 0.3 is 0 Å². The maximum atomic E-state index is 12.7. The van der Waals surface area contributed by atoms with Crippen molar-refractivity contribution in [3.63, 3.8) is 0 Å². The van der Waals surface area contributed by atoms with E-state index in [0.29, 0.717) is 29.5 Å². The number of nitrogens with zero attached hydrogens (tertiary/aromatic N) is 3. The van der Waals surface area contributed by atoms with Crippen LogP contribution in [0.1, 0.15) is 34.6 Å². The molecule has 0 radical (unpaired) electrons. The van der Waals surface area contributed by atoms with Gasteiger partial charge in [0, 0.05) is 48.1 Å². The number of nitrogens with one attached hydrogen (secondary N) is 1. The Labute approximate surface area is 202 Å². The van der Waals surface area contributed by atoms with Crippen LogP contribution in [0.3, 0.4) is 0 Å². The van der Waals surface area contributed by atoms with Gasteiger partial charge < -0.3 is 15.1 Å². The number of halogens is 1. The van der Waals surface area contributed by atoms with E-state index >= 15 is 0 Å². The highest BCUT2D eigenvalue weighted by atomic mass is 35.5. The summed E-state index contributed by atoms with van der Waals surface area (Å²) in [7, 11) is 4.23. The Hall–Kier alpha value is -2.48.